The van der Waals surface area contributed by atoms with Crippen LogP contribution in [-0.4, -0.2) is 21.9 Å². The van der Waals surface area contributed by atoms with E-state index in [1.807, 2.05) is 31.2 Å². The molecule has 1 atom stereocenters. The molecule has 1 amide bonds. The number of hydrogen-bond acceptors (Lipinski definition) is 3. The Morgan fingerprint density at radius 2 is 2.00 bits per heavy atom. The topological polar surface area (TPSA) is 83.8 Å². The van der Waals surface area contributed by atoms with Crippen LogP contribution in [0.4, 0.5) is 5.69 Å². The van der Waals surface area contributed by atoms with Crippen LogP contribution in [0.2, 0.25) is 0 Å². The zero-order valence-electron chi connectivity index (χ0n) is 11.7. The number of carbonyl (C=O) groups is 1. The number of anilines is 1. The number of benzene rings is 1. The standard InChI is InChI=1S/C14H18N4O.2ClH/c1-2-3-12(15)14(19)18-11-6-4-10(5-7-11)13-16-8-9-17-13;;/h4-9,12H,2-3,15H2,1H3,(H,16,17)(H,18,19);2*1H. The monoisotopic (exact) mass is 330 g/mol. The molecule has 2 rings (SSSR count). The van der Waals surface area contributed by atoms with Gasteiger partial charge in [0.1, 0.15) is 5.82 Å². The molecule has 0 saturated carbocycles. The number of carbonyl (C=O) groups excluding carboxylic acids is 1. The Labute approximate surface area is 136 Å². The fourth-order valence-corrected chi connectivity index (χ4v) is 1.81. The quantitative estimate of drug-likeness (QED) is 0.787. The van der Waals surface area contributed by atoms with Gasteiger partial charge in [0.15, 0.2) is 0 Å². The van der Waals surface area contributed by atoms with Crippen LogP contribution in [0.15, 0.2) is 36.7 Å². The van der Waals surface area contributed by atoms with Crippen molar-refractivity contribution in [1.29, 1.82) is 0 Å². The number of nitrogens with two attached hydrogens (primary N) is 1. The molecule has 2 aromatic rings. The number of nitrogens with zero attached hydrogens (tertiary/aromatic N) is 1. The number of H-pyrrole nitrogens is 1. The van der Waals surface area contributed by atoms with Gasteiger partial charge in [-0.15, -0.1) is 24.8 Å². The Bertz CT molecular complexity index is 528. The third-order valence-corrected chi connectivity index (χ3v) is 2.86. The number of nitrogens with one attached hydrogen (secondary N) is 2. The summed E-state index contributed by atoms with van der Waals surface area (Å²) in [5, 5.41) is 2.80. The van der Waals surface area contributed by atoms with Crippen LogP contribution in [0.25, 0.3) is 11.4 Å². The maximum absolute atomic E-state index is 11.8. The van der Waals surface area contributed by atoms with Gasteiger partial charge in [-0.2, -0.15) is 0 Å². The van der Waals surface area contributed by atoms with E-state index in [0.717, 1.165) is 23.5 Å². The smallest absolute Gasteiger partial charge is 0.241 e. The highest BCUT2D eigenvalue weighted by Gasteiger charge is 2.12. The number of hydrogen-bond donors (Lipinski definition) is 3. The lowest BCUT2D eigenvalue weighted by molar-refractivity contribution is -0.117. The third kappa shape index (κ3) is 5.38. The molecule has 7 heteroatoms. The number of halogens is 2. The van der Waals surface area contributed by atoms with E-state index in [-0.39, 0.29) is 30.7 Å². The lowest BCUT2D eigenvalue weighted by atomic mass is 10.1. The van der Waals surface area contributed by atoms with E-state index in [2.05, 4.69) is 15.3 Å². The van der Waals surface area contributed by atoms with E-state index in [0.29, 0.717) is 6.42 Å². The molecule has 0 fully saturated rings. The van der Waals surface area contributed by atoms with Gasteiger partial charge in [0.05, 0.1) is 6.04 Å². The van der Waals surface area contributed by atoms with Crippen LogP contribution >= 0.6 is 24.8 Å². The van der Waals surface area contributed by atoms with Crippen molar-refractivity contribution in [3.05, 3.63) is 36.7 Å². The fourth-order valence-electron chi connectivity index (χ4n) is 1.81. The fraction of sp³-hybridized carbons (Fsp3) is 0.286. The zero-order chi connectivity index (χ0) is 13.7. The lowest BCUT2D eigenvalue weighted by Crippen LogP contribution is -2.35. The van der Waals surface area contributed by atoms with Crippen LogP contribution in [0, 0.1) is 0 Å². The molecule has 1 aromatic carbocycles. The molecule has 4 N–H and O–H groups in total. The Morgan fingerprint density at radius 1 is 1.33 bits per heavy atom. The minimum atomic E-state index is -0.449. The molecule has 0 aliphatic rings. The SMILES string of the molecule is CCCC(N)C(=O)Nc1ccc(-c2ncc[nH]2)cc1.Cl.Cl. The molecule has 0 saturated heterocycles. The molecule has 21 heavy (non-hydrogen) atoms. The van der Waals surface area contributed by atoms with Crippen molar-refractivity contribution < 1.29 is 4.79 Å². The molecule has 0 aliphatic heterocycles. The molecule has 5 nitrogen and oxygen atoms in total. The van der Waals surface area contributed by atoms with Gasteiger partial charge in [-0.25, -0.2) is 4.98 Å². The maximum Gasteiger partial charge on any atom is 0.241 e. The molecular weight excluding hydrogens is 311 g/mol. The van der Waals surface area contributed by atoms with E-state index in [1.54, 1.807) is 12.4 Å². The van der Waals surface area contributed by atoms with E-state index in [1.165, 1.54) is 0 Å². The number of amides is 1. The van der Waals surface area contributed by atoms with Gasteiger partial charge < -0.3 is 16.0 Å². The first-order valence-electron chi connectivity index (χ1n) is 6.37. The number of aromatic amines is 1. The summed E-state index contributed by atoms with van der Waals surface area (Å²) in [7, 11) is 0. The van der Waals surface area contributed by atoms with Crippen LogP contribution in [0.3, 0.4) is 0 Å². The summed E-state index contributed by atoms with van der Waals surface area (Å²) in [6.07, 6.45) is 5.06. The lowest BCUT2D eigenvalue weighted by Gasteiger charge is -2.11. The Hall–Kier alpha value is -1.56. The summed E-state index contributed by atoms with van der Waals surface area (Å²) in [4.78, 5) is 19.0. The van der Waals surface area contributed by atoms with Crippen LogP contribution in [0.5, 0.6) is 0 Å². The van der Waals surface area contributed by atoms with Crippen LogP contribution in [-0.2, 0) is 4.79 Å². The summed E-state index contributed by atoms with van der Waals surface area (Å²) < 4.78 is 0. The van der Waals surface area contributed by atoms with Crippen molar-refractivity contribution in [2.24, 2.45) is 5.73 Å². The second-order valence-corrected chi connectivity index (χ2v) is 4.40. The average Bonchev–Trinajstić information content (AvgIpc) is 2.94. The van der Waals surface area contributed by atoms with Gasteiger partial charge >= 0.3 is 0 Å². The zero-order valence-corrected chi connectivity index (χ0v) is 13.3. The highest BCUT2D eigenvalue weighted by atomic mass is 35.5. The minimum Gasteiger partial charge on any atom is -0.345 e. The molecule has 0 bridgehead atoms. The van der Waals surface area contributed by atoms with Crippen molar-refractivity contribution in [3.63, 3.8) is 0 Å². The number of aromatic nitrogens is 2. The first kappa shape index (κ1) is 19.4. The van der Waals surface area contributed by atoms with Crippen molar-refractivity contribution >= 4 is 36.4 Å². The van der Waals surface area contributed by atoms with Gasteiger partial charge in [-0.05, 0) is 30.7 Å². The van der Waals surface area contributed by atoms with Crippen molar-refractivity contribution in [1.82, 2.24) is 9.97 Å². The summed E-state index contributed by atoms with van der Waals surface area (Å²) in [5.74, 6) is 0.660. The van der Waals surface area contributed by atoms with Crippen molar-refractivity contribution in [2.45, 2.75) is 25.8 Å². The first-order valence-corrected chi connectivity index (χ1v) is 6.37. The Kier molecular flexibility index (Phi) is 8.69. The summed E-state index contributed by atoms with van der Waals surface area (Å²) in [6, 6.07) is 7.04. The van der Waals surface area contributed by atoms with Gasteiger partial charge in [0.25, 0.3) is 0 Å². The minimum absolute atomic E-state index is 0. The van der Waals surface area contributed by atoms with Crippen LogP contribution in [0.1, 0.15) is 19.8 Å². The van der Waals surface area contributed by atoms with Crippen molar-refractivity contribution in [3.8, 4) is 11.4 Å². The van der Waals surface area contributed by atoms with E-state index < -0.39 is 6.04 Å². The number of rotatable bonds is 5. The highest BCUT2D eigenvalue weighted by molar-refractivity contribution is 5.94. The van der Waals surface area contributed by atoms with Gasteiger partial charge in [-0.1, -0.05) is 13.3 Å². The Morgan fingerprint density at radius 3 is 2.52 bits per heavy atom. The van der Waals surface area contributed by atoms with Crippen molar-refractivity contribution in [2.75, 3.05) is 5.32 Å². The first-order chi connectivity index (χ1) is 9.20. The average molecular weight is 331 g/mol. The molecule has 0 radical (unpaired) electrons. The van der Waals surface area contributed by atoms with E-state index in [9.17, 15) is 4.79 Å². The predicted octanol–water partition coefficient (Wildman–Crippen LogP) is 2.99. The van der Waals surface area contributed by atoms with Gasteiger partial charge in [0, 0.05) is 23.6 Å². The summed E-state index contributed by atoms with van der Waals surface area (Å²) in [6.45, 7) is 2.01. The van der Waals surface area contributed by atoms with Crippen LogP contribution < -0.4 is 11.1 Å². The maximum atomic E-state index is 11.8. The molecule has 0 aliphatic carbocycles. The third-order valence-electron chi connectivity index (χ3n) is 2.86. The summed E-state index contributed by atoms with van der Waals surface area (Å²) >= 11 is 0. The molecule has 0 spiro atoms. The van der Waals surface area contributed by atoms with E-state index >= 15 is 0 Å². The highest BCUT2D eigenvalue weighted by Crippen LogP contribution is 2.17. The van der Waals surface area contributed by atoms with Gasteiger partial charge in [0.2, 0.25) is 5.91 Å². The normalized spacial score (nSPS) is 11.0. The Balaban J connectivity index is 0.00000200. The molecule has 1 heterocycles. The molecule has 1 aromatic heterocycles. The van der Waals surface area contributed by atoms with E-state index in [4.69, 9.17) is 5.73 Å². The largest absolute Gasteiger partial charge is 0.345 e. The van der Waals surface area contributed by atoms with Gasteiger partial charge in [-0.3, -0.25) is 4.79 Å². The number of imidazole rings is 1. The second kappa shape index (κ2) is 9.39. The summed E-state index contributed by atoms with van der Waals surface area (Å²) in [5.41, 5.74) is 7.47. The second-order valence-electron chi connectivity index (χ2n) is 4.40. The molecule has 116 valence electrons. The molecular formula is C14H20Cl2N4O. The molecule has 1 unspecified atom stereocenters. The predicted molar refractivity (Wildman–Crippen MR) is 90.0 cm³/mol.